The molecule has 12 nitrogen and oxygen atoms in total. The molecule has 1 fully saturated rings. The molecule has 1 aromatic heterocycles. The van der Waals surface area contributed by atoms with Crippen molar-refractivity contribution >= 4 is 24.5 Å². The Labute approximate surface area is 222 Å². The van der Waals surface area contributed by atoms with Gasteiger partial charge in [-0.15, -0.1) is 0 Å². The lowest BCUT2D eigenvalue weighted by atomic mass is 10.1. The number of carbonyl (C=O) groups excluding carboxylic acids is 1. The number of fused-ring (bicyclic) bond motifs is 1. The molecule has 4 rings (SSSR count). The molecule has 1 saturated heterocycles. The molecule has 0 aliphatic carbocycles. The molecule has 1 unspecified atom stereocenters. The minimum absolute atomic E-state index is 0.0908. The lowest BCUT2D eigenvalue weighted by Crippen LogP contribution is -2.47. The summed E-state index contributed by atoms with van der Waals surface area (Å²) in [5.41, 5.74) is -3.62. The number of nitrogens with zero attached hydrogens (tertiary/aromatic N) is 1. The van der Waals surface area contributed by atoms with Crippen LogP contribution in [-0.2, 0) is 23.4 Å². The van der Waals surface area contributed by atoms with Crippen LogP contribution < -0.4 is 20.9 Å². The predicted molar refractivity (Wildman–Crippen MR) is 138 cm³/mol. The van der Waals surface area contributed by atoms with E-state index in [0.717, 1.165) is 9.95 Å². The molecule has 3 aromatic rings. The number of esters is 1. The van der Waals surface area contributed by atoms with Crippen molar-refractivity contribution in [1.29, 1.82) is 0 Å². The zero-order valence-electron chi connectivity index (χ0n) is 21.5. The van der Waals surface area contributed by atoms with E-state index in [0.29, 0.717) is 11.6 Å². The zero-order valence-corrected chi connectivity index (χ0v) is 22.4. The normalized spacial score (nSPS) is 21.0. The summed E-state index contributed by atoms with van der Waals surface area (Å²) in [4.78, 5) is 37.8. The molecule has 4 atom stereocenters. The van der Waals surface area contributed by atoms with Crippen LogP contribution in [0.1, 0.15) is 33.4 Å². The van der Waals surface area contributed by atoms with E-state index in [9.17, 15) is 28.4 Å². The van der Waals surface area contributed by atoms with Gasteiger partial charge >= 0.3 is 19.4 Å². The summed E-state index contributed by atoms with van der Waals surface area (Å²) >= 11 is 0. The SMILES string of the molecule is CCOC(=O)C(C)(C)NP(=O)(OC[C@H]1O[C@@H](n2cc(F)c(=O)[nH]c2=O)C[C@@H]1O)Oc1cccc2ccccc12. The number of aliphatic hydroxyl groups excluding tert-OH is 1. The first-order chi connectivity index (χ1) is 18.4. The van der Waals surface area contributed by atoms with Crippen LogP contribution in [-0.4, -0.2) is 51.6 Å². The Balaban J connectivity index is 1.58. The number of benzene rings is 2. The molecule has 0 spiro atoms. The monoisotopic (exact) mass is 565 g/mol. The van der Waals surface area contributed by atoms with E-state index in [-0.39, 0.29) is 18.8 Å². The maximum atomic E-state index is 14.1. The van der Waals surface area contributed by atoms with Crippen molar-refractivity contribution in [2.75, 3.05) is 13.2 Å². The van der Waals surface area contributed by atoms with Gasteiger partial charge in [-0.2, -0.15) is 9.48 Å². The molecule has 39 heavy (non-hydrogen) atoms. The van der Waals surface area contributed by atoms with Gasteiger partial charge in [0, 0.05) is 11.8 Å². The molecule has 0 amide bonds. The number of rotatable bonds is 10. The predicted octanol–water partition coefficient (Wildman–Crippen LogP) is 2.61. The van der Waals surface area contributed by atoms with Crippen LogP contribution in [0, 0.1) is 5.82 Å². The lowest BCUT2D eigenvalue weighted by Gasteiger charge is -2.30. The average molecular weight is 565 g/mol. The second-order valence-corrected chi connectivity index (χ2v) is 11.1. The maximum absolute atomic E-state index is 14.1. The summed E-state index contributed by atoms with van der Waals surface area (Å²) in [5.74, 6) is -1.69. The summed E-state index contributed by atoms with van der Waals surface area (Å²) in [7, 11) is -4.36. The minimum Gasteiger partial charge on any atom is -0.465 e. The quantitative estimate of drug-likeness (QED) is 0.246. The van der Waals surface area contributed by atoms with Crippen molar-refractivity contribution in [2.45, 2.75) is 51.2 Å². The highest BCUT2D eigenvalue weighted by Crippen LogP contribution is 2.48. The number of aliphatic hydroxyl groups is 1. The fraction of sp³-hybridized carbons (Fsp3) is 0.400. The first kappa shape index (κ1) is 28.7. The largest absolute Gasteiger partial charge is 0.465 e. The number of aromatic amines is 1. The smallest absolute Gasteiger partial charge is 0.459 e. The third kappa shape index (κ3) is 6.45. The average Bonchev–Trinajstić information content (AvgIpc) is 3.25. The number of carbonyl (C=O) groups is 1. The Morgan fingerprint density at radius 1 is 1.26 bits per heavy atom. The van der Waals surface area contributed by atoms with E-state index in [2.05, 4.69) is 5.09 Å². The van der Waals surface area contributed by atoms with Gasteiger partial charge < -0.3 is 19.1 Å². The molecule has 1 aliphatic rings. The van der Waals surface area contributed by atoms with Gasteiger partial charge in [-0.3, -0.25) is 23.7 Å². The molecule has 2 heterocycles. The van der Waals surface area contributed by atoms with Gasteiger partial charge in [0.2, 0.25) is 5.82 Å². The summed E-state index contributed by atoms with van der Waals surface area (Å²) in [6.45, 7) is 4.12. The van der Waals surface area contributed by atoms with Crippen molar-refractivity contribution < 1.29 is 37.4 Å². The van der Waals surface area contributed by atoms with E-state index in [1.807, 2.05) is 23.2 Å². The van der Waals surface area contributed by atoms with Gasteiger partial charge in [0.25, 0.3) is 5.56 Å². The van der Waals surface area contributed by atoms with E-state index in [4.69, 9.17) is 18.5 Å². The Morgan fingerprint density at radius 2 is 1.97 bits per heavy atom. The van der Waals surface area contributed by atoms with Crippen molar-refractivity contribution in [3.05, 3.63) is 75.3 Å². The van der Waals surface area contributed by atoms with E-state index in [1.54, 1.807) is 31.2 Å². The standard InChI is InChI=1S/C25H29FN3O9P/c1-4-35-23(32)25(2,3)28-39(34,38-19-11-7-9-15-8-5-6-10-16(15)19)36-14-20-18(30)12-21(37-20)29-13-17(26)22(31)27-24(29)33/h5-11,13,18,20-21,30H,4,12,14H2,1-3H3,(H,28,34)(H,27,31,33)/t18-,20+,21+,39?/m0/s1. The number of aromatic nitrogens is 2. The number of hydrogen-bond donors (Lipinski definition) is 3. The number of halogens is 1. The Morgan fingerprint density at radius 3 is 2.72 bits per heavy atom. The topological polar surface area (TPSA) is 158 Å². The molecule has 14 heteroatoms. The molecular weight excluding hydrogens is 536 g/mol. The van der Waals surface area contributed by atoms with Crippen LogP contribution in [0.4, 0.5) is 4.39 Å². The van der Waals surface area contributed by atoms with E-state index >= 15 is 0 Å². The molecule has 210 valence electrons. The van der Waals surface area contributed by atoms with Crippen molar-refractivity contribution in [2.24, 2.45) is 0 Å². The highest BCUT2D eigenvalue weighted by atomic mass is 31.2. The van der Waals surface area contributed by atoms with Crippen molar-refractivity contribution in [3.8, 4) is 5.75 Å². The second-order valence-electron chi connectivity index (χ2n) is 9.39. The second kappa shape index (κ2) is 11.4. The van der Waals surface area contributed by atoms with Crippen LogP contribution in [0.5, 0.6) is 5.75 Å². The molecule has 0 saturated carbocycles. The van der Waals surface area contributed by atoms with Gasteiger partial charge in [-0.1, -0.05) is 36.4 Å². The Kier molecular flexibility index (Phi) is 8.38. The third-order valence-electron chi connectivity index (χ3n) is 6.02. The molecule has 1 aliphatic heterocycles. The van der Waals surface area contributed by atoms with E-state index in [1.165, 1.54) is 13.8 Å². The minimum atomic E-state index is -4.36. The Hall–Kier alpha value is -3.35. The van der Waals surface area contributed by atoms with Gasteiger partial charge in [-0.25, -0.2) is 9.36 Å². The van der Waals surface area contributed by atoms with Crippen LogP contribution in [0.3, 0.4) is 0 Å². The van der Waals surface area contributed by atoms with Crippen molar-refractivity contribution in [1.82, 2.24) is 14.6 Å². The zero-order chi connectivity index (χ0) is 28.4. The first-order valence-electron chi connectivity index (χ1n) is 12.2. The number of nitrogens with one attached hydrogen (secondary N) is 2. The maximum Gasteiger partial charge on any atom is 0.459 e. The summed E-state index contributed by atoms with van der Waals surface area (Å²) in [5, 5.41) is 14.6. The lowest BCUT2D eigenvalue weighted by molar-refractivity contribution is -0.149. The third-order valence-corrected chi connectivity index (χ3v) is 7.78. The van der Waals surface area contributed by atoms with Gasteiger partial charge in [0.15, 0.2) is 0 Å². The number of H-pyrrole nitrogens is 1. The number of hydrogen-bond acceptors (Lipinski definition) is 9. The molecule has 0 radical (unpaired) electrons. The molecule has 3 N–H and O–H groups in total. The highest BCUT2D eigenvalue weighted by molar-refractivity contribution is 7.52. The highest BCUT2D eigenvalue weighted by Gasteiger charge is 2.43. The van der Waals surface area contributed by atoms with Crippen LogP contribution in [0.2, 0.25) is 0 Å². The Bertz CT molecular complexity index is 1520. The number of ether oxygens (including phenoxy) is 2. The van der Waals surface area contributed by atoms with E-state index < -0.39 is 61.4 Å². The van der Waals surface area contributed by atoms with Crippen LogP contribution in [0.15, 0.2) is 58.3 Å². The summed E-state index contributed by atoms with van der Waals surface area (Å²) in [6, 6.07) is 12.4. The van der Waals surface area contributed by atoms with Crippen molar-refractivity contribution in [3.63, 3.8) is 0 Å². The molecule has 2 aromatic carbocycles. The summed E-state index contributed by atoms with van der Waals surface area (Å²) < 4.78 is 50.9. The summed E-state index contributed by atoms with van der Waals surface area (Å²) in [6.07, 6.45) is -2.92. The fourth-order valence-corrected chi connectivity index (χ4v) is 5.77. The van der Waals surface area contributed by atoms with Crippen LogP contribution in [0.25, 0.3) is 10.8 Å². The van der Waals surface area contributed by atoms with Gasteiger partial charge in [0.05, 0.1) is 25.5 Å². The molecular formula is C25H29FN3O9P. The van der Waals surface area contributed by atoms with Crippen LogP contribution >= 0.6 is 7.75 Å². The molecule has 0 bridgehead atoms. The van der Waals surface area contributed by atoms with Gasteiger partial charge in [0.1, 0.15) is 23.6 Å². The fourth-order valence-electron chi connectivity index (χ4n) is 4.07. The van der Waals surface area contributed by atoms with Gasteiger partial charge in [-0.05, 0) is 32.2 Å². The first-order valence-corrected chi connectivity index (χ1v) is 13.7.